The van der Waals surface area contributed by atoms with E-state index in [9.17, 15) is 18.0 Å². The van der Waals surface area contributed by atoms with Crippen LogP contribution in [0.4, 0.5) is 5.69 Å². The average molecular weight is 566 g/mol. The van der Waals surface area contributed by atoms with E-state index in [4.69, 9.17) is 4.74 Å². The molecule has 214 valence electrons. The van der Waals surface area contributed by atoms with E-state index in [0.29, 0.717) is 30.8 Å². The van der Waals surface area contributed by atoms with E-state index in [1.807, 2.05) is 51.1 Å². The van der Waals surface area contributed by atoms with E-state index in [2.05, 4.69) is 5.32 Å². The summed E-state index contributed by atoms with van der Waals surface area (Å²) in [5.74, 6) is -0.256. The van der Waals surface area contributed by atoms with Crippen molar-refractivity contribution in [1.29, 1.82) is 0 Å². The van der Waals surface area contributed by atoms with E-state index in [-0.39, 0.29) is 17.3 Å². The molecule has 1 N–H and O–H groups in total. The number of amides is 2. The zero-order valence-electron chi connectivity index (χ0n) is 23.7. The van der Waals surface area contributed by atoms with Crippen LogP contribution < -0.4 is 14.4 Å². The number of hydrogen-bond acceptors (Lipinski definition) is 5. The number of carbonyl (C=O) groups excluding carboxylic acids is 2. The predicted molar refractivity (Wildman–Crippen MR) is 158 cm³/mol. The number of benzene rings is 3. The Bertz CT molecular complexity index is 1360. The second-order valence-electron chi connectivity index (χ2n) is 9.56. The number of anilines is 1. The molecule has 0 aliphatic heterocycles. The first kappa shape index (κ1) is 30.7. The van der Waals surface area contributed by atoms with Crippen LogP contribution >= 0.6 is 0 Å². The van der Waals surface area contributed by atoms with Gasteiger partial charge in [-0.15, -0.1) is 0 Å². The molecule has 0 bridgehead atoms. The summed E-state index contributed by atoms with van der Waals surface area (Å²) >= 11 is 0. The van der Waals surface area contributed by atoms with Crippen LogP contribution in [0.15, 0.2) is 83.8 Å². The summed E-state index contributed by atoms with van der Waals surface area (Å²) in [4.78, 5) is 28.7. The molecule has 40 heavy (non-hydrogen) atoms. The number of aryl methyl sites for hydroxylation is 1. The molecule has 8 nitrogen and oxygen atoms in total. The fourth-order valence-corrected chi connectivity index (χ4v) is 5.80. The molecule has 0 heterocycles. The molecular weight excluding hydrogens is 526 g/mol. The lowest BCUT2D eigenvalue weighted by Gasteiger charge is -2.33. The number of hydrogen-bond donors (Lipinski definition) is 1. The van der Waals surface area contributed by atoms with Crippen molar-refractivity contribution in [3.63, 3.8) is 0 Å². The van der Waals surface area contributed by atoms with Gasteiger partial charge in [-0.1, -0.05) is 67.9 Å². The van der Waals surface area contributed by atoms with Crippen molar-refractivity contribution in [2.45, 2.75) is 51.0 Å². The quantitative estimate of drug-likeness (QED) is 0.309. The SMILES string of the molecule is CCCNC(=O)C(CC)N(CCc1ccccc1)C(=O)CN(c1cccc(OC)c1)S(=O)(=O)c1ccc(C)cc1. The van der Waals surface area contributed by atoms with Crippen LogP contribution in [-0.4, -0.2) is 57.9 Å². The molecule has 0 saturated heterocycles. The number of nitrogens with zero attached hydrogens (tertiary/aromatic N) is 2. The summed E-state index contributed by atoms with van der Waals surface area (Å²) in [7, 11) is -2.63. The Kier molecular flexibility index (Phi) is 11.1. The molecule has 1 atom stereocenters. The van der Waals surface area contributed by atoms with Crippen LogP contribution in [0.1, 0.15) is 37.8 Å². The average Bonchev–Trinajstić information content (AvgIpc) is 2.97. The van der Waals surface area contributed by atoms with E-state index in [1.54, 1.807) is 36.4 Å². The van der Waals surface area contributed by atoms with Crippen LogP contribution in [0.25, 0.3) is 0 Å². The van der Waals surface area contributed by atoms with Crippen LogP contribution in [0.5, 0.6) is 5.75 Å². The van der Waals surface area contributed by atoms with Gasteiger partial charge < -0.3 is 15.0 Å². The summed E-state index contributed by atoms with van der Waals surface area (Å²) < 4.78 is 34.3. The van der Waals surface area contributed by atoms with Crippen LogP contribution in [0.2, 0.25) is 0 Å². The van der Waals surface area contributed by atoms with Gasteiger partial charge in [-0.05, 0) is 56.0 Å². The highest BCUT2D eigenvalue weighted by molar-refractivity contribution is 7.92. The van der Waals surface area contributed by atoms with Gasteiger partial charge in [0.1, 0.15) is 18.3 Å². The minimum atomic E-state index is -4.13. The molecule has 2 amide bonds. The standard InChI is InChI=1S/C31H39N3O5S/c1-5-20-32-31(36)29(6-2)33(21-19-25-11-8-7-9-12-25)30(35)23-34(26-13-10-14-27(22-26)39-4)40(37,38)28-17-15-24(3)16-18-28/h7-18,22,29H,5-6,19-21,23H2,1-4H3,(H,32,36). The highest BCUT2D eigenvalue weighted by atomic mass is 32.2. The van der Waals surface area contributed by atoms with Crippen molar-refractivity contribution >= 4 is 27.5 Å². The van der Waals surface area contributed by atoms with Crippen molar-refractivity contribution in [3.8, 4) is 5.75 Å². The van der Waals surface area contributed by atoms with Gasteiger partial charge in [0.15, 0.2) is 0 Å². The number of methoxy groups -OCH3 is 1. The highest BCUT2D eigenvalue weighted by Crippen LogP contribution is 2.27. The third kappa shape index (κ3) is 7.85. The van der Waals surface area contributed by atoms with Crippen LogP contribution in [0.3, 0.4) is 0 Å². The van der Waals surface area contributed by atoms with Crippen molar-refractivity contribution in [2.24, 2.45) is 0 Å². The van der Waals surface area contributed by atoms with Crippen molar-refractivity contribution in [1.82, 2.24) is 10.2 Å². The van der Waals surface area contributed by atoms with Crippen molar-refractivity contribution in [3.05, 3.63) is 90.0 Å². The predicted octanol–water partition coefficient (Wildman–Crippen LogP) is 4.58. The highest BCUT2D eigenvalue weighted by Gasteiger charge is 2.33. The Labute approximate surface area is 238 Å². The molecule has 0 aromatic heterocycles. The Morgan fingerprint density at radius 1 is 0.950 bits per heavy atom. The molecule has 0 aliphatic rings. The lowest BCUT2D eigenvalue weighted by molar-refractivity contribution is -0.139. The normalized spacial score (nSPS) is 11.9. The molecule has 0 radical (unpaired) electrons. The first-order valence-corrected chi connectivity index (χ1v) is 15.0. The third-order valence-corrected chi connectivity index (χ3v) is 8.44. The number of rotatable bonds is 14. The molecule has 0 aliphatic carbocycles. The molecule has 9 heteroatoms. The maximum absolute atomic E-state index is 14.0. The lowest BCUT2D eigenvalue weighted by atomic mass is 10.1. The summed E-state index contributed by atoms with van der Waals surface area (Å²) in [5, 5.41) is 2.90. The summed E-state index contributed by atoms with van der Waals surface area (Å²) in [6.45, 7) is 5.96. The fraction of sp³-hybridized carbons (Fsp3) is 0.355. The van der Waals surface area contributed by atoms with Crippen molar-refractivity contribution < 1.29 is 22.7 Å². The fourth-order valence-electron chi connectivity index (χ4n) is 4.39. The monoisotopic (exact) mass is 565 g/mol. The molecule has 3 aromatic rings. The van der Waals surface area contributed by atoms with E-state index in [0.717, 1.165) is 21.9 Å². The van der Waals surface area contributed by atoms with E-state index < -0.39 is 28.5 Å². The van der Waals surface area contributed by atoms with Gasteiger partial charge in [-0.3, -0.25) is 13.9 Å². The van der Waals surface area contributed by atoms with Gasteiger partial charge in [-0.2, -0.15) is 0 Å². The number of ether oxygens (including phenoxy) is 1. The van der Waals surface area contributed by atoms with Gasteiger partial charge >= 0.3 is 0 Å². The molecule has 0 spiro atoms. The van der Waals surface area contributed by atoms with Gasteiger partial charge in [-0.25, -0.2) is 8.42 Å². The Balaban J connectivity index is 2.01. The van der Waals surface area contributed by atoms with Gasteiger partial charge in [0.2, 0.25) is 11.8 Å². The molecule has 3 rings (SSSR count). The summed E-state index contributed by atoms with van der Waals surface area (Å²) in [6, 6.07) is 22.0. The maximum atomic E-state index is 14.0. The smallest absolute Gasteiger partial charge is 0.264 e. The zero-order chi connectivity index (χ0) is 29.1. The van der Waals surface area contributed by atoms with Crippen LogP contribution in [-0.2, 0) is 26.0 Å². The summed E-state index contributed by atoms with van der Waals surface area (Å²) in [5.41, 5.74) is 2.22. The summed E-state index contributed by atoms with van der Waals surface area (Å²) in [6.07, 6.45) is 1.67. The molecule has 3 aromatic carbocycles. The minimum absolute atomic E-state index is 0.0669. The van der Waals surface area contributed by atoms with E-state index in [1.165, 1.54) is 24.1 Å². The Morgan fingerprint density at radius 2 is 1.65 bits per heavy atom. The first-order valence-electron chi connectivity index (χ1n) is 13.6. The Hall–Kier alpha value is -3.85. The number of carbonyl (C=O) groups is 2. The van der Waals surface area contributed by atoms with Crippen molar-refractivity contribution in [2.75, 3.05) is 31.0 Å². The second kappa shape index (κ2) is 14.5. The lowest BCUT2D eigenvalue weighted by Crippen LogP contribution is -2.53. The second-order valence-corrected chi connectivity index (χ2v) is 11.4. The molecule has 0 saturated carbocycles. The maximum Gasteiger partial charge on any atom is 0.264 e. The van der Waals surface area contributed by atoms with Gasteiger partial charge in [0, 0.05) is 19.2 Å². The first-order chi connectivity index (χ1) is 19.2. The Morgan fingerprint density at radius 3 is 2.27 bits per heavy atom. The molecule has 1 unspecified atom stereocenters. The van der Waals surface area contributed by atoms with Gasteiger partial charge in [0.25, 0.3) is 10.0 Å². The molecule has 0 fully saturated rings. The zero-order valence-corrected chi connectivity index (χ0v) is 24.5. The van der Waals surface area contributed by atoms with E-state index >= 15 is 0 Å². The topological polar surface area (TPSA) is 96.0 Å². The minimum Gasteiger partial charge on any atom is -0.497 e. The van der Waals surface area contributed by atoms with Crippen LogP contribution in [0, 0.1) is 6.92 Å². The number of sulfonamides is 1. The third-order valence-electron chi connectivity index (χ3n) is 6.65. The molecular formula is C31H39N3O5S. The number of nitrogens with one attached hydrogen (secondary N) is 1. The largest absolute Gasteiger partial charge is 0.497 e. The van der Waals surface area contributed by atoms with Gasteiger partial charge in [0.05, 0.1) is 17.7 Å².